The van der Waals surface area contributed by atoms with Crippen molar-refractivity contribution >= 4 is 5.97 Å². The molecular weight excluding hydrogens is 236 g/mol. The van der Waals surface area contributed by atoms with Crippen molar-refractivity contribution < 1.29 is 68.8 Å². The summed E-state index contributed by atoms with van der Waals surface area (Å²) in [6, 6.07) is 0. The minimum absolute atomic E-state index is 0. The van der Waals surface area contributed by atoms with Gasteiger partial charge in [0.05, 0.1) is 0 Å². The number of aliphatic carboxylic acids is 1. The van der Waals surface area contributed by atoms with Gasteiger partial charge in [0.25, 0.3) is 0 Å². The van der Waals surface area contributed by atoms with Crippen LogP contribution in [0.15, 0.2) is 0 Å². The molecule has 0 saturated carbocycles. The molecule has 6 heavy (non-hydrogen) atoms. The molecule has 0 aromatic heterocycles. The Bertz CT molecular complexity index is 34.5. The van der Waals surface area contributed by atoms with Crippen molar-refractivity contribution in [3.63, 3.8) is 0 Å². The smallest absolute Gasteiger partial charge is 0.161 e. The van der Waals surface area contributed by atoms with E-state index < -0.39 is 5.97 Å². The van der Waals surface area contributed by atoms with Crippen LogP contribution in [0.3, 0.4) is 0 Å². The number of carboxylic acid groups (broad SMARTS) is 1. The summed E-state index contributed by atoms with van der Waals surface area (Å²) in [6.45, 7) is 2.56. The first-order chi connectivity index (χ1) is 1.73. The molecular formula is C2H3O2YZr-. The number of hydrogen-bond donors (Lipinski definition) is 1. The van der Waals surface area contributed by atoms with E-state index >= 15 is 0 Å². The van der Waals surface area contributed by atoms with Crippen molar-refractivity contribution in [2.24, 2.45) is 0 Å². The Morgan fingerprint density at radius 2 is 1.67 bits per heavy atom. The van der Waals surface area contributed by atoms with Gasteiger partial charge in [-0.25, -0.2) is 0 Å². The average molecular weight is 239 g/mol. The second-order valence-corrected chi connectivity index (χ2v) is 0.394. The maximum absolute atomic E-state index is 8.89. The van der Waals surface area contributed by atoms with Crippen molar-refractivity contribution in [1.29, 1.82) is 0 Å². The first-order valence-corrected chi connectivity index (χ1v) is 0.781. The molecule has 4 heteroatoms. The van der Waals surface area contributed by atoms with Crippen LogP contribution < -0.4 is 0 Å². The molecule has 0 aromatic carbocycles. The van der Waals surface area contributed by atoms with Gasteiger partial charge in [0.1, 0.15) is 0 Å². The summed E-state index contributed by atoms with van der Waals surface area (Å²) in [5, 5.41) is 7.31. The zero-order valence-electron chi connectivity index (χ0n) is 3.14. The molecule has 0 heterocycles. The van der Waals surface area contributed by atoms with Crippen LogP contribution in [-0.2, 0) is 63.7 Å². The zero-order chi connectivity index (χ0) is 3.58. The van der Waals surface area contributed by atoms with Gasteiger partial charge in [0.2, 0.25) is 0 Å². The SMILES string of the molecule is [CH2-]C(=O)O.[Y].[Zr]. The Balaban J connectivity index is -0.0000000450. The van der Waals surface area contributed by atoms with Crippen molar-refractivity contribution in [3.8, 4) is 0 Å². The molecule has 0 fully saturated rings. The molecule has 0 bridgehead atoms. The third kappa shape index (κ3) is 56.6. The van der Waals surface area contributed by atoms with E-state index in [2.05, 4.69) is 6.92 Å². The molecule has 31 valence electrons. The Hall–Kier alpha value is 1.33. The van der Waals surface area contributed by atoms with Gasteiger partial charge in [-0.1, -0.05) is 0 Å². The van der Waals surface area contributed by atoms with Gasteiger partial charge < -0.3 is 5.11 Å². The minimum Gasteiger partial charge on any atom is -0.503 e. The van der Waals surface area contributed by atoms with Crippen LogP contribution in [0.2, 0.25) is 0 Å². The van der Waals surface area contributed by atoms with Crippen LogP contribution in [-0.4, -0.2) is 11.1 Å². The molecule has 1 radical (unpaired) electrons. The van der Waals surface area contributed by atoms with Crippen molar-refractivity contribution in [3.05, 3.63) is 6.92 Å². The number of carboxylic acids is 1. The standard InChI is InChI=1S/C2H3O2.Y.Zr/c1-2(3)4;;/h1H2,(H,3,4);;/q-1;;. The van der Waals surface area contributed by atoms with E-state index in [1.807, 2.05) is 0 Å². The van der Waals surface area contributed by atoms with Crippen LogP contribution in [0.1, 0.15) is 0 Å². The molecule has 1 N–H and O–H groups in total. The fourth-order valence-corrected chi connectivity index (χ4v) is 0. The van der Waals surface area contributed by atoms with E-state index in [9.17, 15) is 0 Å². The normalized spacial score (nSPS) is 4.00. The van der Waals surface area contributed by atoms with Gasteiger partial charge in [-0.2, -0.15) is 0 Å². The first-order valence-electron chi connectivity index (χ1n) is 0.781. The van der Waals surface area contributed by atoms with Gasteiger partial charge in [0.15, 0.2) is 5.97 Å². The molecule has 0 aliphatic carbocycles. The molecule has 0 aliphatic rings. The molecule has 0 aromatic rings. The van der Waals surface area contributed by atoms with Crippen LogP contribution in [0, 0.1) is 6.92 Å². The van der Waals surface area contributed by atoms with Crippen molar-refractivity contribution in [1.82, 2.24) is 0 Å². The maximum Gasteiger partial charge on any atom is 0.161 e. The molecule has 2 nitrogen and oxygen atoms in total. The summed E-state index contributed by atoms with van der Waals surface area (Å²) in [5.74, 6) is -1.08. The summed E-state index contributed by atoms with van der Waals surface area (Å²) in [5.41, 5.74) is 0. The number of hydrogen-bond acceptors (Lipinski definition) is 1. The summed E-state index contributed by atoms with van der Waals surface area (Å²) in [6.07, 6.45) is 0. The van der Waals surface area contributed by atoms with Gasteiger partial charge >= 0.3 is 0 Å². The minimum atomic E-state index is -1.08. The second-order valence-electron chi connectivity index (χ2n) is 0.394. The summed E-state index contributed by atoms with van der Waals surface area (Å²) < 4.78 is 0. The van der Waals surface area contributed by atoms with Crippen molar-refractivity contribution in [2.45, 2.75) is 0 Å². The summed E-state index contributed by atoms with van der Waals surface area (Å²) in [4.78, 5) is 8.89. The Labute approximate surface area is 80.7 Å². The van der Waals surface area contributed by atoms with Crippen molar-refractivity contribution in [2.75, 3.05) is 0 Å². The Morgan fingerprint density at radius 3 is 1.67 bits per heavy atom. The van der Waals surface area contributed by atoms with E-state index in [1.165, 1.54) is 0 Å². The van der Waals surface area contributed by atoms with Crippen LogP contribution >= 0.6 is 0 Å². The van der Waals surface area contributed by atoms with Gasteiger partial charge in [0, 0.05) is 58.9 Å². The predicted molar refractivity (Wildman–Crippen MR) is 13.0 cm³/mol. The quantitative estimate of drug-likeness (QED) is 0.599. The largest absolute Gasteiger partial charge is 0.503 e. The maximum atomic E-state index is 8.89. The third-order valence-electron chi connectivity index (χ3n) is 0. The average Bonchev–Trinajstić information content (AvgIpc) is 0.811. The van der Waals surface area contributed by atoms with E-state index in [4.69, 9.17) is 9.90 Å². The van der Waals surface area contributed by atoms with E-state index in [0.29, 0.717) is 0 Å². The number of carbonyl (C=O) groups is 1. The fourth-order valence-electron chi connectivity index (χ4n) is 0. The van der Waals surface area contributed by atoms with Crippen LogP contribution in [0.4, 0.5) is 0 Å². The topological polar surface area (TPSA) is 37.3 Å². The van der Waals surface area contributed by atoms with Gasteiger partial charge in [-0.15, -0.1) is 0 Å². The second kappa shape index (κ2) is 9.59. The van der Waals surface area contributed by atoms with Gasteiger partial charge in [-0.05, 0) is 0 Å². The summed E-state index contributed by atoms with van der Waals surface area (Å²) >= 11 is 0. The molecule has 0 spiro atoms. The molecule has 0 saturated heterocycles. The Morgan fingerprint density at radius 1 is 1.67 bits per heavy atom. The van der Waals surface area contributed by atoms with Crippen LogP contribution in [0.5, 0.6) is 0 Å². The van der Waals surface area contributed by atoms with E-state index in [-0.39, 0.29) is 58.9 Å². The number of rotatable bonds is 0. The monoisotopic (exact) mass is 238 g/mol. The molecule has 0 atom stereocenters. The zero-order valence-corrected chi connectivity index (χ0v) is 8.44. The van der Waals surface area contributed by atoms with E-state index in [0.717, 1.165) is 0 Å². The fraction of sp³-hybridized carbons (Fsp3) is 0. The van der Waals surface area contributed by atoms with Gasteiger partial charge in [-0.3, -0.25) is 11.7 Å². The third-order valence-corrected chi connectivity index (χ3v) is 0. The first kappa shape index (κ1) is 15.7. The predicted octanol–water partition coefficient (Wildman–Crippen LogP) is -0.0999. The van der Waals surface area contributed by atoms with E-state index in [1.54, 1.807) is 0 Å². The van der Waals surface area contributed by atoms with Crippen LogP contribution in [0.25, 0.3) is 0 Å². The molecule has 0 amide bonds. The molecule has 0 aliphatic heterocycles. The Kier molecular flexibility index (Phi) is 25.0. The molecule has 0 unspecified atom stereocenters. The molecule has 0 rings (SSSR count). The summed E-state index contributed by atoms with van der Waals surface area (Å²) in [7, 11) is 0.